The molecular weight excluding hydrogens is 286 g/mol. The molecule has 1 aliphatic carbocycles. The lowest BCUT2D eigenvalue weighted by Crippen LogP contribution is -2.21. The quantitative estimate of drug-likeness (QED) is 0.814. The molecule has 1 saturated carbocycles. The first-order valence-corrected chi connectivity index (χ1v) is 7.32. The van der Waals surface area contributed by atoms with E-state index in [9.17, 15) is 14.4 Å². The third-order valence-electron chi connectivity index (χ3n) is 3.82. The lowest BCUT2D eigenvalue weighted by molar-refractivity contribution is -0.141. The van der Waals surface area contributed by atoms with Crippen LogP contribution in [0.1, 0.15) is 36.5 Å². The van der Waals surface area contributed by atoms with Gasteiger partial charge in [0.1, 0.15) is 0 Å². The van der Waals surface area contributed by atoms with Gasteiger partial charge in [0.05, 0.1) is 18.1 Å². The lowest BCUT2D eigenvalue weighted by Gasteiger charge is -2.11. The van der Waals surface area contributed by atoms with Crippen molar-refractivity contribution in [2.24, 2.45) is 11.8 Å². The van der Waals surface area contributed by atoms with E-state index in [0.717, 1.165) is 0 Å². The van der Waals surface area contributed by atoms with Gasteiger partial charge in [-0.05, 0) is 50.5 Å². The number of hydrogen-bond acceptors (Lipinski definition) is 4. The summed E-state index contributed by atoms with van der Waals surface area (Å²) in [5, 5.41) is 11.7. The van der Waals surface area contributed by atoms with Crippen LogP contribution in [0.2, 0.25) is 0 Å². The number of carboxylic acids is 1. The molecule has 22 heavy (non-hydrogen) atoms. The maximum atomic E-state index is 12.1. The minimum Gasteiger partial charge on any atom is -0.481 e. The van der Waals surface area contributed by atoms with Crippen LogP contribution in [0.5, 0.6) is 0 Å². The number of benzene rings is 1. The Morgan fingerprint density at radius 3 is 2.36 bits per heavy atom. The fraction of sp³-hybridized carbons (Fsp3) is 0.438. The third kappa shape index (κ3) is 3.84. The number of aliphatic carboxylic acids is 1. The maximum Gasteiger partial charge on any atom is 0.338 e. The van der Waals surface area contributed by atoms with Gasteiger partial charge in [-0.3, -0.25) is 9.59 Å². The summed E-state index contributed by atoms with van der Waals surface area (Å²) >= 11 is 0. The fourth-order valence-corrected chi connectivity index (χ4v) is 2.59. The number of rotatable bonds is 5. The van der Waals surface area contributed by atoms with E-state index in [4.69, 9.17) is 9.84 Å². The van der Waals surface area contributed by atoms with Crippen LogP contribution < -0.4 is 5.32 Å². The fourth-order valence-electron chi connectivity index (χ4n) is 2.59. The van der Waals surface area contributed by atoms with Crippen LogP contribution in [-0.2, 0) is 14.3 Å². The van der Waals surface area contributed by atoms with Crippen LogP contribution in [0.4, 0.5) is 5.69 Å². The molecule has 0 unspecified atom stereocenters. The molecule has 0 aliphatic heterocycles. The second kappa shape index (κ2) is 7.06. The molecule has 0 heterocycles. The number of amides is 1. The van der Waals surface area contributed by atoms with Crippen molar-refractivity contribution in [2.45, 2.75) is 26.2 Å². The van der Waals surface area contributed by atoms with E-state index in [1.807, 2.05) is 0 Å². The first-order valence-electron chi connectivity index (χ1n) is 7.32. The SMILES string of the molecule is CCOC(=O)c1ccc(NC(=O)[C@H]2CC[C@@H](C(=O)O)C2)cc1. The van der Waals surface area contributed by atoms with Gasteiger partial charge in [0, 0.05) is 11.6 Å². The highest BCUT2D eigenvalue weighted by Crippen LogP contribution is 2.31. The largest absolute Gasteiger partial charge is 0.481 e. The van der Waals surface area contributed by atoms with Gasteiger partial charge in [-0.1, -0.05) is 0 Å². The van der Waals surface area contributed by atoms with Crippen LogP contribution in [0.25, 0.3) is 0 Å². The maximum absolute atomic E-state index is 12.1. The molecule has 1 aliphatic rings. The third-order valence-corrected chi connectivity index (χ3v) is 3.82. The molecule has 0 bridgehead atoms. The van der Waals surface area contributed by atoms with Crippen LogP contribution >= 0.6 is 0 Å². The number of anilines is 1. The Morgan fingerprint density at radius 1 is 1.18 bits per heavy atom. The van der Waals surface area contributed by atoms with E-state index in [0.29, 0.717) is 37.1 Å². The summed E-state index contributed by atoms with van der Waals surface area (Å²) in [4.78, 5) is 34.5. The number of ether oxygens (including phenoxy) is 1. The van der Waals surface area contributed by atoms with E-state index in [-0.39, 0.29) is 11.8 Å². The minimum absolute atomic E-state index is 0.173. The Morgan fingerprint density at radius 2 is 1.82 bits per heavy atom. The molecule has 0 spiro atoms. The Kier molecular flexibility index (Phi) is 5.14. The molecular formula is C16H19NO5. The number of nitrogens with one attached hydrogen (secondary N) is 1. The van der Waals surface area contributed by atoms with Crippen molar-refractivity contribution in [3.05, 3.63) is 29.8 Å². The second-order valence-corrected chi connectivity index (χ2v) is 5.33. The molecule has 1 fully saturated rings. The van der Waals surface area contributed by atoms with Crippen LogP contribution in [0, 0.1) is 11.8 Å². The van der Waals surface area contributed by atoms with Crippen LogP contribution in [0.15, 0.2) is 24.3 Å². The monoisotopic (exact) mass is 305 g/mol. The topological polar surface area (TPSA) is 92.7 Å². The van der Waals surface area contributed by atoms with Crippen molar-refractivity contribution in [3.63, 3.8) is 0 Å². The average molecular weight is 305 g/mol. The Balaban J connectivity index is 1.92. The van der Waals surface area contributed by atoms with Crippen molar-refractivity contribution in [3.8, 4) is 0 Å². The summed E-state index contributed by atoms with van der Waals surface area (Å²) in [5.74, 6) is -2.12. The Bertz CT molecular complexity index is 566. The molecule has 1 aromatic carbocycles. The zero-order valence-electron chi connectivity index (χ0n) is 12.4. The van der Waals surface area contributed by atoms with Gasteiger partial charge >= 0.3 is 11.9 Å². The van der Waals surface area contributed by atoms with Gasteiger partial charge in [-0.15, -0.1) is 0 Å². The smallest absolute Gasteiger partial charge is 0.338 e. The van der Waals surface area contributed by atoms with Crippen molar-refractivity contribution in [1.29, 1.82) is 0 Å². The summed E-state index contributed by atoms with van der Waals surface area (Å²) in [5.41, 5.74) is 1.00. The van der Waals surface area contributed by atoms with Gasteiger partial charge in [-0.25, -0.2) is 4.79 Å². The predicted molar refractivity (Wildman–Crippen MR) is 79.5 cm³/mol. The molecule has 6 nitrogen and oxygen atoms in total. The molecule has 2 N–H and O–H groups in total. The molecule has 0 aromatic heterocycles. The first kappa shape index (κ1) is 16.0. The molecule has 0 radical (unpaired) electrons. The Labute approximate surface area is 128 Å². The zero-order chi connectivity index (χ0) is 16.1. The summed E-state index contributed by atoms with van der Waals surface area (Å²) in [6, 6.07) is 6.44. The second-order valence-electron chi connectivity index (χ2n) is 5.33. The standard InChI is InChI=1S/C16H19NO5/c1-2-22-16(21)10-5-7-13(8-6-10)17-14(18)11-3-4-12(9-11)15(19)20/h5-8,11-12H,2-4,9H2,1H3,(H,17,18)(H,19,20)/t11-,12+/m0/s1. The van der Waals surface area contributed by atoms with E-state index in [1.54, 1.807) is 31.2 Å². The summed E-state index contributed by atoms with van der Waals surface area (Å²) < 4.78 is 4.88. The van der Waals surface area contributed by atoms with E-state index >= 15 is 0 Å². The molecule has 2 atom stereocenters. The zero-order valence-corrected chi connectivity index (χ0v) is 12.4. The van der Waals surface area contributed by atoms with Gasteiger partial charge in [-0.2, -0.15) is 0 Å². The highest BCUT2D eigenvalue weighted by atomic mass is 16.5. The van der Waals surface area contributed by atoms with E-state index < -0.39 is 17.9 Å². The number of carbonyl (C=O) groups excluding carboxylic acids is 2. The minimum atomic E-state index is -0.839. The predicted octanol–water partition coefficient (Wildman–Crippen LogP) is 2.30. The first-order chi connectivity index (χ1) is 10.5. The normalized spacial score (nSPS) is 20.4. The van der Waals surface area contributed by atoms with Crippen molar-refractivity contribution < 1.29 is 24.2 Å². The highest BCUT2D eigenvalue weighted by Gasteiger charge is 2.33. The van der Waals surface area contributed by atoms with Crippen LogP contribution in [-0.4, -0.2) is 29.6 Å². The molecule has 0 saturated heterocycles. The molecule has 6 heteroatoms. The number of carboxylic acid groups (broad SMARTS) is 1. The van der Waals surface area contributed by atoms with Crippen LogP contribution in [0.3, 0.4) is 0 Å². The van der Waals surface area contributed by atoms with Gasteiger partial charge in [0.2, 0.25) is 5.91 Å². The highest BCUT2D eigenvalue weighted by molar-refractivity contribution is 5.94. The van der Waals surface area contributed by atoms with Crippen molar-refractivity contribution in [1.82, 2.24) is 0 Å². The Hall–Kier alpha value is -2.37. The van der Waals surface area contributed by atoms with Gasteiger partial charge in [0.25, 0.3) is 0 Å². The van der Waals surface area contributed by atoms with Crippen molar-refractivity contribution in [2.75, 3.05) is 11.9 Å². The molecule has 118 valence electrons. The number of esters is 1. The van der Waals surface area contributed by atoms with Gasteiger partial charge in [0.15, 0.2) is 0 Å². The number of hydrogen-bond donors (Lipinski definition) is 2. The number of carbonyl (C=O) groups is 3. The average Bonchev–Trinajstić information content (AvgIpc) is 2.98. The lowest BCUT2D eigenvalue weighted by atomic mass is 10.0. The van der Waals surface area contributed by atoms with Gasteiger partial charge < -0.3 is 15.2 Å². The molecule has 2 rings (SSSR count). The molecule has 1 amide bonds. The molecule has 1 aromatic rings. The summed E-state index contributed by atoms with van der Waals surface area (Å²) in [7, 11) is 0. The van der Waals surface area contributed by atoms with E-state index in [2.05, 4.69) is 5.32 Å². The van der Waals surface area contributed by atoms with E-state index in [1.165, 1.54) is 0 Å². The summed E-state index contributed by atoms with van der Waals surface area (Å²) in [6.45, 7) is 2.04. The van der Waals surface area contributed by atoms with Crippen molar-refractivity contribution >= 4 is 23.5 Å². The summed E-state index contributed by atoms with van der Waals surface area (Å²) in [6.07, 6.45) is 1.50.